The Kier molecular flexibility index (Phi) is 9.11. The molecular formula is C22H33NO5. The minimum absolute atomic E-state index is 0.176. The third-order valence-corrected chi connectivity index (χ3v) is 5.20. The van der Waals surface area contributed by atoms with E-state index in [2.05, 4.69) is 12.2 Å². The van der Waals surface area contributed by atoms with Gasteiger partial charge in [-0.3, -0.25) is 9.59 Å². The lowest BCUT2D eigenvalue weighted by molar-refractivity contribution is -0.148. The highest BCUT2D eigenvalue weighted by molar-refractivity contribution is 5.84. The number of carboxylic acid groups (broad SMARTS) is 1. The van der Waals surface area contributed by atoms with Crippen LogP contribution in [0.25, 0.3) is 0 Å². The standard InChI is InChI=1S/C22H33NO5/c1-3-5-8-13-28-19-12-11-16(14-20(19)27-4-2)15-23-21(24)17-9-6-7-10-18(17)22(25)26/h11-12,14,17-18H,3-10,13,15H2,1-2H3,(H,23,24)(H,25,26). The van der Waals surface area contributed by atoms with Gasteiger partial charge in [-0.05, 0) is 43.9 Å². The molecule has 0 bridgehead atoms. The molecule has 0 saturated heterocycles. The number of hydrogen-bond donors (Lipinski definition) is 2. The van der Waals surface area contributed by atoms with E-state index in [-0.39, 0.29) is 5.91 Å². The number of hydrogen-bond acceptors (Lipinski definition) is 4. The number of carbonyl (C=O) groups excluding carboxylic acids is 1. The van der Waals surface area contributed by atoms with E-state index in [9.17, 15) is 14.7 Å². The molecule has 6 nitrogen and oxygen atoms in total. The molecular weight excluding hydrogens is 358 g/mol. The van der Waals surface area contributed by atoms with E-state index in [4.69, 9.17) is 9.47 Å². The van der Waals surface area contributed by atoms with Crippen molar-refractivity contribution in [3.8, 4) is 11.5 Å². The Morgan fingerprint density at radius 2 is 1.82 bits per heavy atom. The molecule has 2 atom stereocenters. The number of unbranched alkanes of at least 4 members (excludes halogenated alkanes) is 2. The first-order valence-corrected chi connectivity index (χ1v) is 10.5. The monoisotopic (exact) mass is 391 g/mol. The van der Waals surface area contributed by atoms with Gasteiger partial charge in [0.05, 0.1) is 25.0 Å². The summed E-state index contributed by atoms with van der Waals surface area (Å²) in [6.07, 6.45) is 6.27. The molecule has 1 aromatic rings. The van der Waals surface area contributed by atoms with E-state index in [0.29, 0.717) is 44.1 Å². The summed E-state index contributed by atoms with van der Waals surface area (Å²) in [4.78, 5) is 24.0. The summed E-state index contributed by atoms with van der Waals surface area (Å²) >= 11 is 0. The van der Waals surface area contributed by atoms with Crippen molar-refractivity contribution in [3.05, 3.63) is 23.8 Å². The number of amides is 1. The van der Waals surface area contributed by atoms with Gasteiger partial charge in [-0.15, -0.1) is 0 Å². The lowest BCUT2D eigenvalue weighted by Gasteiger charge is -2.27. The van der Waals surface area contributed by atoms with Crippen LogP contribution in [-0.4, -0.2) is 30.2 Å². The van der Waals surface area contributed by atoms with Crippen molar-refractivity contribution in [2.75, 3.05) is 13.2 Å². The molecule has 0 aromatic heterocycles. The number of benzene rings is 1. The molecule has 28 heavy (non-hydrogen) atoms. The lowest BCUT2D eigenvalue weighted by atomic mass is 9.78. The van der Waals surface area contributed by atoms with Crippen molar-refractivity contribution in [2.24, 2.45) is 11.8 Å². The van der Waals surface area contributed by atoms with Gasteiger partial charge >= 0.3 is 5.97 Å². The minimum atomic E-state index is -0.872. The Morgan fingerprint density at radius 1 is 1.07 bits per heavy atom. The SMILES string of the molecule is CCCCCOc1ccc(CNC(=O)C2CCCCC2C(=O)O)cc1OCC. The van der Waals surface area contributed by atoms with Gasteiger partial charge in [0.1, 0.15) is 0 Å². The number of aliphatic carboxylic acids is 1. The van der Waals surface area contributed by atoms with Crippen molar-refractivity contribution >= 4 is 11.9 Å². The molecule has 2 unspecified atom stereocenters. The summed E-state index contributed by atoms with van der Waals surface area (Å²) in [7, 11) is 0. The fraction of sp³-hybridized carbons (Fsp3) is 0.636. The molecule has 156 valence electrons. The first-order valence-electron chi connectivity index (χ1n) is 10.5. The normalized spacial score (nSPS) is 19.1. The predicted molar refractivity (Wildman–Crippen MR) is 108 cm³/mol. The molecule has 2 N–H and O–H groups in total. The fourth-order valence-corrected chi connectivity index (χ4v) is 3.64. The quantitative estimate of drug-likeness (QED) is 0.553. The first kappa shape index (κ1) is 22.1. The zero-order chi connectivity index (χ0) is 20.4. The Morgan fingerprint density at radius 3 is 2.50 bits per heavy atom. The van der Waals surface area contributed by atoms with E-state index >= 15 is 0 Å². The van der Waals surface area contributed by atoms with Crippen molar-refractivity contribution in [1.82, 2.24) is 5.32 Å². The molecule has 1 saturated carbocycles. The average Bonchev–Trinajstić information content (AvgIpc) is 2.70. The summed E-state index contributed by atoms with van der Waals surface area (Å²) in [6.45, 7) is 5.61. The molecule has 0 heterocycles. The number of ether oxygens (including phenoxy) is 2. The molecule has 1 aromatic carbocycles. The number of carbonyl (C=O) groups is 2. The summed E-state index contributed by atoms with van der Waals surface area (Å²) in [5, 5.41) is 12.3. The number of nitrogens with one attached hydrogen (secondary N) is 1. The lowest BCUT2D eigenvalue weighted by Crippen LogP contribution is -2.39. The van der Waals surface area contributed by atoms with Gasteiger partial charge in [-0.2, -0.15) is 0 Å². The molecule has 1 fully saturated rings. The third-order valence-electron chi connectivity index (χ3n) is 5.20. The zero-order valence-corrected chi connectivity index (χ0v) is 17.0. The summed E-state index contributed by atoms with van der Waals surface area (Å²) in [6, 6.07) is 5.67. The largest absolute Gasteiger partial charge is 0.490 e. The van der Waals surface area contributed by atoms with Crippen LogP contribution in [-0.2, 0) is 16.1 Å². The van der Waals surface area contributed by atoms with E-state index in [1.54, 1.807) is 0 Å². The molecule has 0 radical (unpaired) electrons. The zero-order valence-electron chi connectivity index (χ0n) is 17.0. The van der Waals surface area contributed by atoms with Crippen LogP contribution in [0.4, 0.5) is 0 Å². The van der Waals surface area contributed by atoms with Crippen molar-refractivity contribution in [1.29, 1.82) is 0 Å². The van der Waals surface area contributed by atoms with E-state index < -0.39 is 17.8 Å². The summed E-state index contributed by atoms with van der Waals surface area (Å²) in [5.74, 6) is -0.684. The van der Waals surface area contributed by atoms with Crippen molar-refractivity contribution < 1.29 is 24.2 Å². The number of rotatable bonds is 11. The maximum Gasteiger partial charge on any atom is 0.307 e. The Labute approximate surface area is 167 Å². The topological polar surface area (TPSA) is 84.9 Å². The maximum atomic E-state index is 12.5. The van der Waals surface area contributed by atoms with Gasteiger partial charge in [0.15, 0.2) is 11.5 Å². The Balaban J connectivity index is 1.96. The second-order valence-corrected chi connectivity index (χ2v) is 7.32. The second-order valence-electron chi connectivity index (χ2n) is 7.32. The van der Waals surface area contributed by atoms with E-state index in [1.165, 1.54) is 0 Å². The van der Waals surface area contributed by atoms with Gasteiger partial charge in [0.25, 0.3) is 0 Å². The van der Waals surface area contributed by atoms with Gasteiger partial charge in [0, 0.05) is 6.54 Å². The maximum absolute atomic E-state index is 12.5. The highest BCUT2D eigenvalue weighted by Crippen LogP contribution is 2.31. The molecule has 1 aliphatic rings. The first-order chi connectivity index (χ1) is 13.6. The van der Waals surface area contributed by atoms with Gasteiger partial charge in [0.2, 0.25) is 5.91 Å². The summed E-state index contributed by atoms with van der Waals surface area (Å²) in [5.41, 5.74) is 0.903. The van der Waals surface area contributed by atoms with Crippen LogP contribution in [0.15, 0.2) is 18.2 Å². The smallest absolute Gasteiger partial charge is 0.307 e. The van der Waals surface area contributed by atoms with Crippen LogP contribution in [0.5, 0.6) is 11.5 Å². The molecule has 6 heteroatoms. The molecule has 0 aliphatic heterocycles. The van der Waals surface area contributed by atoms with Gasteiger partial charge in [-0.1, -0.05) is 38.7 Å². The van der Waals surface area contributed by atoms with E-state index in [0.717, 1.165) is 37.7 Å². The van der Waals surface area contributed by atoms with Crippen LogP contribution < -0.4 is 14.8 Å². The summed E-state index contributed by atoms with van der Waals surface area (Å²) < 4.78 is 11.5. The Bertz CT molecular complexity index is 646. The highest BCUT2D eigenvalue weighted by atomic mass is 16.5. The number of carboxylic acids is 1. The van der Waals surface area contributed by atoms with Crippen molar-refractivity contribution in [3.63, 3.8) is 0 Å². The van der Waals surface area contributed by atoms with Crippen LogP contribution in [0.2, 0.25) is 0 Å². The minimum Gasteiger partial charge on any atom is -0.490 e. The second kappa shape index (κ2) is 11.6. The molecule has 2 rings (SSSR count). The van der Waals surface area contributed by atoms with Gasteiger partial charge < -0.3 is 19.9 Å². The van der Waals surface area contributed by atoms with Gasteiger partial charge in [-0.25, -0.2) is 0 Å². The predicted octanol–water partition coefficient (Wildman–Crippen LogP) is 4.16. The van der Waals surface area contributed by atoms with Crippen LogP contribution in [0, 0.1) is 11.8 Å². The average molecular weight is 392 g/mol. The highest BCUT2D eigenvalue weighted by Gasteiger charge is 2.35. The van der Waals surface area contributed by atoms with Crippen LogP contribution >= 0.6 is 0 Å². The molecule has 1 amide bonds. The Hall–Kier alpha value is -2.24. The molecule has 0 spiro atoms. The van der Waals surface area contributed by atoms with Crippen LogP contribution in [0.1, 0.15) is 64.4 Å². The van der Waals surface area contributed by atoms with Crippen molar-refractivity contribution in [2.45, 2.75) is 65.3 Å². The molecule has 1 aliphatic carbocycles. The van der Waals surface area contributed by atoms with E-state index in [1.807, 2.05) is 25.1 Å². The third kappa shape index (κ3) is 6.43. The van der Waals surface area contributed by atoms with Crippen LogP contribution in [0.3, 0.4) is 0 Å². The fourth-order valence-electron chi connectivity index (χ4n) is 3.64.